The molecule has 0 atom stereocenters. The molecule has 11 heteroatoms. The molecule has 4 rings (SSSR count). The number of hydrogen-bond acceptors (Lipinski definition) is 6. The highest BCUT2D eigenvalue weighted by Crippen LogP contribution is 2.32. The number of ether oxygens (including phenoxy) is 1. The maximum absolute atomic E-state index is 13.5. The molecule has 35 heavy (non-hydrogen) atoms. The van der Waals surface area contributed by atoms with Gasteiger partial charge in [0.2, 0.25) is 0 Å². The molecule has 1 saturated heterocycles. The Hall–Kier alpha value is -3.50. The lowest BCUT2D eigenvalue weighted by Gasteiger charge is -2.33. The number of hydrogen-bond donors (Lipinski definition) is 0. The largest absolute Gasteiger partial charge is 0.444 e. The Morgan fingerprint density at radius 2 is 1.80 bits per heavy atom. The molecule has 3 aromatic heterocycles. The van der Waals surface area contributed by atoms with Crippen molar-refractivity contribution in [2.75, 3.05) is 13.1 Å². The molecule has 0 aliphatic carbocycles. The number of halogens is 3. The van der Waals surface area contributed by atoms with Crippen molar-refractivity contribution < 1.29 is 22.7 Å². The molecule has 0 N–H and O–H groups in total. The van der Waals surface area contributed by atoms with Crippen LogP contribution in [0.15, 0.2) is 41.7 Å². The third-order valence-corrected chi connectivity index (χ3v) is 5.88. The van der Waals surface area contributed by atoms with Gasteiger partial charge in [-0.05, 0) is 57.2 Å². The second kappa shape index (κ2) is 9.27. The minimum atomic E-state index is -4.61. The predicted molar refractivity (Wildman–Crippen MR) is 122 cm³/mol. The van der Waals surface area contributed by atoms with E-state index in [0.29, 0.717) is 37.0 Å². The van der Waals surface area contributed by atoms with Crippen molar-refractivity contribution in [1.29, 1.82) is 0 Å². The number of carbonyl (C=O) groups excluding carboxylic acids is 1. The second-order valence-corrected chi connectivity index (χ2v) is 9.53. The fraction of sp³-hybridized carbons (Fsp3) is 0.458. The summed E-state index contributed by atoms with van der Waals surface area (Å²) in [6, 6.07) is 2.91. The first-order chi connectivity index (χ1) is 16.4. The Labute approximate surface area is 199 Å². The molecule has 0 aromatic carbocycles. The van der Waals surface area contributed by atoms with Gasteiger partial charge in [0.1, 0.15) is 11.1 Å². The normalized spacial score (nSPS) is 15.4. The number of pyridine rings is 2. The maximum Gasteiger partial charge on any atom is 0.418 e. The molecule has 186 valence electrons. The van der Waals surface area contributed by atoms with Crippen molar-refractivity contribution in [3.63, 3.8) is 0 Å². The van der Waals surface area contributed by atoms with Crippen molar-refractivity contribution in [3.8, 4) is 0 Å². The average Bonchev–Trinajstić information content (AvgIpc) is 2.79. The number of nitrogens with zero attached hydrogens (tertiary/aromatic N) is 5. The second-order valence-electron chi connectivity index (χ2n) is 9.53. The van der Waals surface area contributed by atoms with Gasteiger partial charge in [-0.25, -0.2) is 9.78 Å². The summed E-state index contributed by atoms with van der Waals surface area (Å²) in [4.78, 5) is 39.6. The summed E-state index contributed by atoms with van der Waals surface area (Å²) in [6.07, 6.45) is 0.904. The molecule has 1 amide bonds. The zero-order valence-electron chi connectivity index (χ0n) is 19.7. The van der Waals surface area contributed by atoms with Crippen LogP contribution in [0.1, 0.15) is 56.2 Å². The van der Waals surface area contributed by atoms with Crippen LogP contribution in [0.2, 0.25) is 0 Å². The molecular weight excluding hydrogens is 463 g/mol. The van der Waals surface area contributed by atoms with Gasteiger partial charge in [-0.15, -0.1) is 0 Å². The lowest BCUT2D eigenvalue weighted by atomic mass is 9.90. The number of amides is 1. The van der Waals surface area contributed by atoms with Crippen molar-refractivity contribution in [2.24, 2.45) is 0 Å². The summed E-state index contributed by atoms with van der Waals surface area (Å²) in [5.41, 5.74) is -0.945. The fourth-order valence-electron chi connectivity index (χ4n) is 4.24. The van der Waals surface area contributed by atoms with E-state index in [0.717, 1.165) is 6.20 Å². The molecule has 0 bridgehead atoms. The quantitative estimate of drug-likeness (QED) is 0.543. The van der Waals surface area contributed by atoms with Crippen molar-refractivity contribution in [3.05, 3.63) is 64.0 Å². The molecule has 1 aliphatic rings. The molecule has 0 unspecified atom stereocenters. The van der Waals surface area contributed by atoms with Gasteiger partial charge in [-0.1, -0.05) is 0 Å². The van der Waals surface area contributed by atoms with Crippen LogP contribution >= 0.6 is 0 Å². The lowest BCUT2D eigenvalue weighted by molar-refractivity contribution is -0.138. The maximum atomic E-state index is 13.5. The molecule has 4 heterocycles. The van der Waals surface area contributed by atoms with Gasteiger partial charge >= 0.3 is 12.3 Å². The number of fused-ring (bicyclic) bond motifs is 1. The highest BCUT2D eigenvalue weighted by atomic mass is 19.4. The molecule has 0 radical (unpaired) electrons. The van der Waals surface area contributed by atoms with Crippen LogP contribution in [0.3, 0.4) is 0 Å². The first-order valence-electron chi connectivity index (χ1n) is 11.3. The highest BCUT2D eigenvalue weighted by molar-refractivity contribution is 5.71. The van der Waals surface area contributed by atoms with Crippen LogP contribution in [0, 0.1) is 0 Å². The van der Waals surface area contributed by atoms with E-state index in [1.807, 2.05) is 0 Å². The Bertz CT molecular complexity index is 1290. The SMILES string of the molecule is CC(C)(C)OC(=O)N1CCC(c2cc3nccnc3n(Cc3ccncc3C(F)(F)F)c2=O)CC1. The van der Waals surface area contributed by atoms with Gasteiger partial charge in [0.25, 0.3) is 5.56 Å². The van der Waals surface area contributed by atoms with E-state index in [1.165, 1.54) is 29.2 Å². The number of alkyl halides is 3. The third-order valence-electron chi connectivity index (χ3n) is 5.88. The van der Waals surface area contributed by atoms with Crippen LogP contribution in [0.25, 0.3) is 11.2 Å². The summed E-state index contributed by atoms with van der Waals surface area (Å²) in [6.45, 7) is 5.87. The molecule has 8 nitrogen and oxygen atoms in total. The summed E-state index contributed by atoms with van der Waals surface area (Å²) >= 11 is 0. The molecule has 1 aliphatic heterocycles. The van der Waals surface area contributed by atoms with Crippen LogP contribution in [0.4, 0.5) is 18.0 Å². The van der Waals surface area contributed by atoms with Crippen LogP contribution < -0.4 is 5.56 Å². The topological polar surface area (TPSA) is 90.2 Å². The Kier molecular flexibility index (Phi) is 6.52. The zero-order valence-corrected chi connectivity index (χ0v) is 19.7. The number of piperidine rings is 1. The van der Waals surface area contributed by atoms with E-state index in [1.54, 1.807) is 31.7 Å². The molecule has 3 aromatic rings. The van der Waals surface area contributed by atoms with Gasteiger partial charge < -0.3 is 9.64 Å². The van der Waals surface area contributed by atoms with E-state index in [9.17, 15) is 22.8 Å². The first kappa shape index (κ1) is 24.6. The summed E-state index contributed by atoms with van der Waals surface area (Å²) < 4.78 is 47.3. The van der Waals surface area contributed by atoms with Crippen molar-refractivity contribution >= 4 is 17.3 Å². The smallest absolute Gasteiger partial charge is 0.418 e. The molecule has 0 saturated carbocycles. The Balaban J connectivity index is 1.67. The van der Waals surface area contributed by atoms with Crippen LogP contribution in [-0.2, 0) is 17.5 Å². The van der Waals surface area contributed by atoms with Gasteiger partial charge in [-0.3, -0.25) is 19.3 Å². The lowest BCUT2D eigenvalue weighted by Crippen LogP contribution is -2.42. The summed E-state index contributed by atoms with van der Waals surface area (Å²) in [7, 11) is 0. The van der Waals surface area contributed by atoms with Gasteiger partial charge in [0.05, 0.1) is 12.1 Å². The summed E-state index contributed by atoms with van der Waals surface area (Å²) in [5, 5.41) is 0. The van der Waals surface area contributed by atoms with Gasteiger partial charge in [0.15, 0.2) is 5.65 Å². The van der Waals surface area contributed by atoms with Crippen molar-refractivity contribution in [1.82, 2.24) is 24.4 Å². The Morgan fingerprint density at radius 3 is 2.46 bits per heavy atom. The minimum Gasteiger partial charge on any atom is -0.444 e. The highest BCUT2D eigenvalue weighted by Gasteiger charge is 2.34. The number of likely N-dealkylation sites (tertiary alicyclic amines) is 1. The molecule has 1 fully saturated rings. The average molecular weight is 489 g/mol. The molecule has 0 spiro atoms. The first-order valence-corrected chi connectivity index (χ1v) is 11.3. The monoisotopic (exact) mass is 489 g/mol. The van der Waals surface area contributed by atoms with Crippen LogP contribution in [-0.4, -0.2) is 49.2 Å². The van der Waals surface area contributed by atoms with E-state index in [2.05, 4.69) is 15.0 Å². The van der Waals surface area contributed by atoms with E-state index in [4.69, 9.17) is 4.74 Å². The van der Waals surface area contributed by atoms with E-state index < -0.39 is 29.0 Å². The standard InChI is InChI=1S/C24H26F3N5O3/c1-23(2,3)35-22(34)31-10-5-15(6-11-31)17-12-19-20(30-9-8-29-19)32(21(17)33)14-16-4-7-28-13-18(16)24(25,26)27/h4,7-9,12-13,15H,5-6,10-11,14H2,1-3H3. The third kappa shape index (κ3) is 5.44. The molecular formula is C24H26F3N5O3. The van der Waals surface area contributed by atoms with Gasteiger partial charge in [0, 0.05) is 43.4 Å². The van der Waals surface area contributed by atoms with E-state index in [-0.39, 0.29) is 23.7 Å². The van der Waals surface area contributed by atoms with Crippen molar-refractivity contribution in [2.45, 2.75) is 57.9 Å². The summed E-state index contributed by atoms with van der Waals surface area (Å²) in [5.74, 6) is -0.182. The van der Waals surface area contributed by atoms with Gasteiger partial charge in [-0.2, -0.15) is 13.2 Å². The number of carbonyl (C=O) groups is 1. The fourth-order valence-corrected chi connectivity index (χ4v) is 4.24. The van der Waals surface area contributed by atoms with Crippen LogP contribution in [0.5, 0.6) is 0 Å². The number of aromatic nitrogens is 4. The Morgan fingerprint density at radius 1 is 1.11 bits per heavy atom. The number of rotatable bonds is 3. The minimum absolute atomic E-state index is 0.0848. The predicted octanol–water partition coefficient (Wildman–Crippen LogP) is 4.37. The zero-order chi connectivity index (χ0) is 25.4. The van der Waals surface area contributed by atoms with E-state index >= 15 is 0 Å².